The second kappa shape index (κ2) is 7.25. The van der Waals surface area contributed by atoms with Gasteiger partial charge in [0.05, 0.1) is 33.3 Å². The van der Waals surface area contributed by atoms with Crippen LogP contribution in [0.2, 0.25) is 0 Å². The molecule has 24 heavy (non-hydrogen) atoms. The minimum atomic E-state index is -0.0241. The Morgan fingerprint density at radius 3 is 2.75 bits per heavy atom. The van der Waals surface area contributed by atoms with Gasteiger partial charge >= 0.3 is 0 Å². The molecule has 0 saturated heterocycles. The molecule has 0 fully saturated rings. The third-order valence-electron chi connectivity index (χ3n) is 4.11. The van der Waals surface area contributed by atoms with Crippen LogP contribution in [0.15, 0.2) is 42.5 Å². The highest BCUT2D eigenvalue weighted by Crippen LogP contribution is 2.32. The lowest BCUT2D eigenvalue weighted by molar-refractivity contribution is -0.121. The summed E-state index contributed by atoms with van der Waals surface area (Å²) in [4.78, 5) is 12.4. The minimum Gasteiger partial charge on any atom is -0.493 e. The molecule has 1 heterocycles. The van der Waals surface area contributed by atoms with Crippen molar-refractivity contribution in [2.24, 2.45) is 0 Å². The van der Waals surface area contributed by atoms with Crippen molar-refractivity contribution in [2.45, 2.75) is 18.9 Å². The summed E-state index contributed by atoms with van der Waals surface area (Å²) in [6, 6.07) is 13.3. The number of hydrogen-bond acceptors (Lipinski definition) is 4. The van der Waals surface area contributed by atoms with Crippen molar-refractivity contribution >= 4 is 5.91 Å². The maximum absolute atomic E-state index is 12.4. The molecule has 126 valence electrons. The van der Waals surface area contributed by atoms with Crippen LogP contribution in [0, 0.1) is 0 Å². The predicted molar refractivity (Wildman–Crippen MR) is 90.7 cm³/mol. The number of amides is 1. The third-order valence-corrected chi connectivity index (χ3v) is 4.11. The van der Waals surface area contributed by atoms with E-state index in [-0.39, 0.29) is 11.9 Å². The van der Waals surface area contributed by atoms with Gasteiger partial charge < -0.3 is 19.5 Å². The molecule has 0 aromatic heterocycles. The molecule has 2 aromatic rings. The Morgan fingerprint density at radius 2 is 1.96 bits per heavy atom. The molecule has 1 N–H and O–H groups in total. The fraction of sp³-hybridized carbons (Fsp3) is 0.316. The van der Waals surface area contributed by atoms with Crippen molar-refractivity contribution in [3.05, 3.63) is 53.6 Å². The molecule has 1 atom stereocenters. The molecular formula is C19H21NO4. The highest BCUT2D eigenvalue weighted by Gasteiger charge is 2.22. The van der Waals surface area contributed by atoms with E-state index in [0.29, 0.717) is 24.5 Å². The van der Waals surface area contributed by atoms with Gasteiger partial charge in [0, 0.05) is 12.0 Å². The number of carbonyl (C=O) groups excluding carboxylic acids is 1. The number of para-hydroxylation sites is 1. The lowest BCUT2D eigenvalue weighted by Crippen LogP contribution is -2.33. The lowest BCUT2D eigenvalue weighted by atomic mass is 10.00. The Kier molecular flexibility index (Phi) is 4.89. The largest absolute Gasteiger partial charge is 0.493 e. The topological polar surface area (TPSA) is 56.8 Å². The van der Waals surface area contributed by atoms with Crippen molar-refractivity contribution in [1.29, 1.82) is 0 Å². The number of carbonyl (C=O) groups is 1. The molecule has 0 unspecified atom stereocenters. The van der Waals surface area contributed by atoms with E-state index in [4.69, 9.17) is 14.2 Å². The van der Waals surface area contributed by atoms with Crippen LogP contribution in [0.1, 0.15) is 23.6 Å². The maximum Gasteiger partial charge on any atom is 0.224 e. The standard InChI is InChI=1S/C19H21NO4/c1-22-17-8-7-13(11-18(17)23-2)12-19(21)20-15-9-10-24-16-6-4-3-5-14(15)16/h3-8,11,15H,9-10,12H2,1-2H3,(H,20,21)/t15-/m1/s1. The molecule has 0 bridgehead atoms. The molecule has 5 heteroatoms. The lowest BCUT2D eigenvalue weighted by Gasteiger charge is -2.26. The van der Waals surface area contributed by atoms with Crippen LogP contribution in [-0.4, -0.2) is 26.7 Å². The van der Waals surface area contributed by atoms with Gasteiger partial charge in [-0.25, -0.2) is 0 Å². The predicted octanol–water partition coefficient (Wildman–Crippen LogP) is 2.89. The Balaban J connectivity index is 1.69. The fourth-order valence-electron chi connectivity index (χ4n) is 2.91. The minimum absolute atomic E-state index is 0.0115. The summed E-state index contributed by atoms with van der Waals surface area (Å²) in [5.41, 5.74) is 1.91. The van der Waals surface area contributed by atoms with Gasteiger partial charge in [-0.05, 0) is 23.8 Å². The van der Waals surface area contributed by atoms with Gasteiger partial charge in [-0.2, -0.15) is 0 Å². The number of hydrogen-bond donors (Lipinski definition) is 1. The average molecular weight is 327 g/mol. The van der Waals surface area contributed by atoms with E-state index in [9.17, 15) is 4.79 Å². The second-order valence-electron chi connectivity index (χ2n) is 5.66. The number of fused-ring (bicyclic) bond motifs is 1. The Hall–Kier alpha value is -2.69. The van der Waals surface area contributed by atoms with E-state index < -0.39 is 0 Å². The molecular weight excluding hydrogens is 306 g/mol. The van der Waals surface area contributed by atoms with Gasteiger partial charge in [-0.1, -0.05) is 24.3 Å². The van der Waals surface area contributed by atoms with E-state index in [0.717, 1.165) is 23.3 Å². The number of ether oxygens (including phenoxy) is 3. The van der Waals surface area contributed by atoms with Gasteiger partial charge in [0.1, 0.15) is 5.75 Å². The first-order chi connectivity index (χ1) is 11.7. The third kappa shape index (κ3) is 3.45. The molecule has 5 nitrogen and oxygen atoms in total. The first-order valence-electron chi connectivity index (χ1n) is 7.93. The van der Waals surface area contributed by atoms with Crippen molar-refractivity contribution in [1.82, 2.24) is 5.32 Å². The summed E-state index contributed by atoms with van der Waals surface area (Å²) in [5.74, 6) is 2.10. The van der Waals surface area contributed by atoms with Crippen LogP contribution < -0.4 is 19.5 Å². The zero-order valence-electron chi connectivity index (χ0n) is 13.9. The maximum atomic E-state index is 12.4. The van der Waals surface area contributed by atoms with Gasteiger partial charge in [0.25, 0.3) is 0 Å². The van der Waals surface area contributed by atoms with Crippen LogP contribution in [0.4, 0.5) is 0 Å². The molecule has 3 rings (SSSR count). The van der Waals surface area contributed by atoms with Crippen molar-refractivity contribution < 1.29 is 19.0 Å². The SMILES string of the molecule is COc1ccc(CC(=O)N[C@@H]2CCOc3ccccc32)cc1OC. The normalized spacial score (nSPS) is 15.8. The monoisotopic (exact) mass is 327 g/mol. The number of rotatable bonds is 5. The van der Waals surface area contributed by atoms with Gasteiger partial charge in [-0.15, -0.1) is 0 Å². The highest BCUT2D eigenvalue weighted by molar-refractivity contribution is 5.79. The molecule has 0 aliphatic carbocycles. The summed E-state index contributed by atoms with van der Waals surface area (Å²) < 4.78 is 16.1. The highest BCUT2D eigenvalue weighted by atomic mass is 16.5. The smallest absolute Gasteiger partial charge is 0.224 e. The van der Waals surface area contributed by atoms with Crippen molar-refractivity contribution in [2.75, 3.05) is 20.8 Å². The molecule has 1 aliphatic rings. The Bertz CT molecular complexity index is 729. The van der Waals surface area contributed by atoms with Crippen LogP contribution >= 0.6 is 0 Å². The molecule has 0 saturated carbocycles. The van der Waals surface area contributed by atoms with Gasteiger partial charge in [-0.3, -0.25) is 4.79 Å². The summed E-state index contributed by atoms with van der Waals surface area (Å²) >= 11 is 0. The molecule has 0 spiro atoms. The zero-order valence-corrected chi connectivity index (χ0v) is 13.9. The van der Waals surface area contributed by atoms with Crippen molar-refractivity contribution in [3.8, 4) is 17.2 Å². The van der Waals surface area contributed by atoms with Crippen LogP contribution in [0.5, 0.6) is 17.2 Å². The van der Waals surface area contributed by atoms with E-state index in [1.807, 2.05) is 42.5 Å². The number of benzene rings is 2. The Morgan fingerprint density at radius 1 is 1.17 bits per heavy atom. The molecule has 2 aromatic carbocycles. The summed E-state index contributed by atoms with van der Waals surface area (Å²) in [5, 5.41) is 3.10. The second-order valence-corrected chi connectivity index (χ2v) is 5.66. The van der Waals surface area contributed by atoms with Crippen molar-refractivity contribution in [3.63, 3.8) is 0 Å². The summed E-state index contributed by atoms with van der Waals surface area (Å²) in [6.07, 6.45) is 1.06. The van der Waals surface area contributed by atoms with E-state index in [1.165, 1.54) is 0 Å². The average Bonchev–Trinajstić information content (AvgIpc) is 2.62. The van der Waals surface area contributed by atoms with Gasteiger partial charge in [0.2, 0.25) is 5.91 Å². The summed E-state index contributed by atoms with van der Waals surface area (Å²) in [7, 11) is 3.17. The van der Waals surface area contributed by atoms with Crippen LogP contribution in [0.25, 0.3) is 0 Å². The van der Waals surface area contributed by atoms with E-state index in [2.05, 4.69) is 5.32 Å². The summed E-state index contributed by atoms with van der Waals surface area (Å²) in [6.45, 7) is 0.609. The van der Waals surface area contributed by atoms with E-state index >= 15 is 0 Å². The fourth-order valence-corrected chi connectivity index (χ4v) is 2.91. The molecule has 1 aliphatic heterocycles. The first kappa shape index (κ1) is 16.2. The van der Waals surface area contributed by atoms with Crippen LogP contribution in [-0.2, 0) is 11.2 Å². The Labute approximate surface area is 141 Å². The quantitative estimate of drug-likeness (QED) is 0.917. The zero-order chi connectivity index (χ0) is 16.9. The van der Waals surface area contributed by atoms with E-state index in [1.54, 1.807) is 14.2 Å². The number of methoxy groups -OCH3 is 2. The molecule has 1 amide bonds. The number of nitrogens with one attached hydrogen (secondary N) is 1. The van der Waals surface area contributed by atoms with Crippen LogP contribution in [0.3, 0.4) is 0 Å². The van der Waals surface area contributed by atoms with Gasteiger partial charge in [0.15, 0.2) is 11.5 Å². The first-order valence-corrected chi connectivity index (χ1v) is 7.93. The molecule has 0 radical (unpaired) electrons.